The summed E-state index contributed by atoms with van der Waals surface area (Å²) in [5, 5.41) is 4.15. The fraction of sp³-hybridized carbons (Fsp3) is 0.286. The maximum Gasteiger partial charge on any atom is 0.262 e. The summed E-state index contributed by atoms with van der Waals surface area (Å²) in [7, 11) is 0. The van der Waals surface area contributed by atoms with E-state index in [0.717, 1.165) is 35.0 Å². The van der Waals surface area contributed by atoms with Crippen molar-refractivity contribution in [1.82, 2.24) is 5.32 Å². The number of furan rings is 1. The Labute approximate surface area is 162 Å². The quantitative estimate of drug-likeness (QED) is 0.713. The third-order valence-corrected chi connectivity index (χ3v) is 5.83. The van der Waals surface area contributed by atoms with Gasteiger partial charge in [0.25, 0.3) is 5.91 Å². The van der Waals surface area contributed by atoms with E-state index >= 15 is 0 Å². The minimum atomic E-state index is -0.179. The van der Waals surface area contributed by atoms with Crippen molar-refractivity contribution in [3.8, 4) is 11.1 Å². The number of carbonyl (C=O) groups is 1. The third kappa shape index (κ3) is 3.91. The Hall–Kier alpha value is -2.57. The number of nitrogens with zero attached hydrogens (tertiary/aromatic N) is 1. The summed E-state index contributed by atoms with van der Waals surface area (Å²) >= 11 is 1.54. The lowest BCUT2D eigenvalue weighted by Gasteiger charge is -2.28. The smallest absolute Gasteiger partial charge is 0.262 e. The number of hydrogen-bond donors (Lipinski definition) is 1. The van der Waals surface area contributed by atoms with E-state index in [1.807, 2.05) is 43.3 Å². The SMILES string of the molecule is CC(NC(=O)c1cc(-c2ccccc2)c(N2CCOCC2)s1)c1ccco1. The van der Waals surface area contributed by atoms with E-state index in [0.29, 0.717) is 18.1 Å². The van der Waals surface area contributed by atoms with Gasteiger partial charge in [-0.05, 0) is 30.7 Å². The van der Waals surface area contributed by atoms with E-state index in [1.54, 1.807) is 6.26 Å². The number of amides is 1. The summed E-state index contributed by atoms with van der Waals surface area (Å²) in [5.41, 5.74) is 2.21. The van der Waals surface area contributed by atoms with Gasteiger partial charge in [0.05, 0.1) is 35.4 Å². The predicted octanol–water partition coefficient (Wildman–Crippen LogP) is 4.34. The Morgan fingerprint density at radius 2 is 1.93 bits per heavy atom. The molecule has 1 N–H and O–H groups in total. The zero-order chi connectivity index (χ0) is 18.6. The molecule has 6 heteroatoms. The number of rotatable bonds is 5. The van der Waals surface area contributed by atoms with Crippen LogP contribution in [0.25, 0.3) is 11.1 Å². The highest BCUT2D eigenvalue weighted by atomic mass is 32.1. The molecule has 1 aliphatic rings. The molecule has 3 heterocycles. The fourth-order valence-electron chi connectivity index (χ4n) is 3.20. The molecule has 0 bridgehead atoms. The Kier molecular flexibility index (Phi) is 5.27. The van der Waals surface area contributed by atoms with E-state index in [1.165, 1.54) is 11.3 Å². The van der Waals surface area contributed by atoms with Gasteiger partial charge in [-0.2, -0.15) is 0 Å². The number of ether oxygens (including phenoxy) is 1. The Morgan fingerprint density at radius 1 is 1.15 bits per heavy atom. The van der Waals surface area contributed by atoms with Gasteiger partial charge < -0.3 is 19.4 Å². The molecule has 0 spiro atoms. The van der Waals surface area contributed by atoms with E-state index in [9.17, 15) is 4.79 Å². The summed E-state index contributed by atoms with van der Waals surface area (Å²) in [4.78, 5) is 15.9. The van der Waals surface area contributed by atoms with Crippen molar-refractivity contribution < 1.29 is 13.9 Å². The molecule has 4 rings (SSSR count). The normalized spacial score (nSPS) is 15.5. The van der Waals surface area contributed by atoms with Crippen LogP contribution in [0, 0.1) is 0 Å². The van der Waals surface area contributed by atoms with Crippen LogP contribution in [0.4, 0.5) is 5.00 Å². The zero-order valence-electron chi connectivity index (χ0n) is 15.2. The maximum absolute atomic E-state index is 12.8. The first-order valence-corrected chi connectivity index (χ1v) is 9.90. The van der Waals surface area contributed by atoms with Crippen molar-refractivity contribution in [2.24, 2.45) is 0 Å². The molecule has 2 aromatic heterocycles. The first kappa shape index (κ1) is 17.8. The predicted molar refractivity (Wildman–Crippen MR) is 107 cm³/mol. The molecule has 27 heavy (non-hydrogen) atoms. The van der Waals surface area contributed by atoms with Gasteiger partial charge in [0.15, 0.2) is 0 Å². The van der Waals surface area contributed by atoms with Crippen LogP contribution < -0.4 is 10.2 Å². The first-order valence-electron chi connectivity index (χ1n) is 9.08. The molecule has 1 saturated heterocycles. The fourth-order valence-corrected chi connectivity index (χ4v) is 4.33. The van der Waals surface area contributed by atoms with Gasteiger partial charge in [0.1, 0.15) is 5.76 Å². The molecule has 0 saturated carbocycles. The van der Waals surface area contributed by atoms with Gasteiger partial charge in [-0.1, -0.05) is 30.3 Å². The molecular weight excluding hydrogens is 360 g/mol. The second-order valence-corrected chi connectivity index (χ2v) is 7.54. The molecule has 1 aromatic carbocycles. The molecule has 1 aliphatic heterocycles. The molecular formula is C21H22N2O3S. The Morgan fingerprint density at radius 3 is 2.63 bits per heavy atom. The van der Waals surface area contributed by atoms with E-state index in [2.05, 4.69) is 22.3 Å². The second kappa shape index (κ2) is 7.98. The average Bonchev–Trinajstić information content (AvgIpc) is 3.40. The molecule has 3 aromatic rings. The lowest BCUT2D eigenvalue weighted by atomic mass is 10.1. The second-order valence-electron chi connectivity index (χ2n) is 6.51. The Bertz CT molecular complexity index is 884. The summed E-state index contributed by atoms with van der Waals surface area (Å²) < 4.78 is 10.9. The molecule has 1 fully saturated rings. The number of carbonyl (C=O) groups excluding carboxylic acids is 1. The van der Waals surface area contributed by atoms with Gasteiger partial charge in [-0.15, -0.1) is 11.3 Å². The topological polar surface area (TPSA) is 54.7 Å². The van der Waals surface area contributed by atoms with Crippen LogP contribution >= 0.6 is 11.3 Å². The van der Waals surface area contributed by atoms with Gasteiger partial charge in [0, 0.05) is 18.7 Å². The molecule has 1 atom stereocenters. The minimum Gasteiger partial charge on any atom is -0.467 e. The van der Waals surface area contributed by atoms with Crippen molar-refractivity contribution in [2.45, 2.75) is 13.0 Å². The van der Waals surface area contributed by atoms with Gasteiger partial charge in [0.2, 0.25) is 0 Å². The van der Waals surface area contributed by atoms with Crippen LogP contribution in [0.3, 0.4) is 0 Å². The monoisotopic (exact) mass is 382 g/mol. The van der Waals surface area contributed by atoms with E-state index in [-0.39, 0.29) is 11.9 Å². The summed E-state index contributed by atoms with van der Waals surface area (Å²) in [6.07, 6.45) is 1.62. The highest BCUT2D eigenvalue weighted by Crippen LogP contribution is 2.39. The van der Waals surface area contributed by atoms with Crippen molar-refractivity contribution in [3.05, 3.63) is 65.4 Å². The van der Waals surface area contributed by atoms with Gasteiger partial charge >= 0.3 is 0 Å². The molecule has 1 amide bonds. The lowest BCUT2D eigenvalue weighted by Crippen LogP contribution is -2.35. The van der Waals surface area contributed by atoms with Crippen LogP contribution in [0.1, 0.15) is 28.4 Å². The number of thiophene rings is 1. The highest BCUT2D eigenvalue weighted by Gasteiger charge is 2.23. The molecule has 1 unspecified atom stereocenters. The summed E-state index contributed by atoms with van der Waals surface area (Å²) in [6, 6.07) is 15.7. The highest BCUT2D eigenvalue weighted by molar-refractivity contribution is 7.18. The third-order valence-electron chi connectivity index (χ3n) is 4.64. The number of hydrogen-bond acceptors (Lipinski definition) is 5. The van der Waals surface area contributed by atoms with Crippen LogP contribution in [0.2, 0.25) is 0 Å². The largest absolute Gasteiger partial charge is 0.467 e. The van der Waals surface area contributed by atoms with Gasteiger partial charge in [-0.3, -0.25) is 4.79 Å². The first-order chi connectivity index (χ1) is 13.2. The van der Waals surface area contributed by atoms with Crippen molar-refractivity contribution in [2.75, 3.05) is 31.2 Å². The average molecular weight is 382 g/mol. The number of morpholine rings is 1. The zero-order valence-corrected chi connectivity index (χ0v) is 16.0. The minimum absolute atomic E-state index is 0.0828. The van der Waals surface area contributed by atoms with Crippen molar-refractivity contribution in [3.63, 3.8) is 0 Å². The van der Waals surface area contributed by atoms with Gasteiger partial charge in [-0.25, -0.2) is 0 Å². The van der Waals surface area contributed by atoms with E-state index in [4.69, 9.17) is 9.15 Å². The number of anilines is 1. The molecule has 0 aliphatic carbocycles. The van der Waals surface area contributed by atoms with Crippen molar-refractivity contribution in [1.29, 1.82) is 0 Å². The summed E-state index contributed by atoms with van der Waals surface area (Å²) in [6.45, 7) is 5.02. The lowest BCUT2D eigenvalue weighted by molar-refractivity contribution is 0.0939. The molecule has 140 valence electrons. The molecule has 5 nitrogen and oxygen atoms in total. The van der Waals surface area contributed by atoms with Crippen LogP contribution in [-0.2, 0) is 4.74 Å². The molecule has 0 radical (unpaired) electrons. The standard InChI is InChI=1S/C21H22N2O3S/c1-15(18-8-5-11-26-18)22-20(24)19-14-17(16-6-3-2-4-7-16)21(27-19)23-9-12-25-13-10-23/h2-8,11,14-15H,9-10,12-13H2,1H3,(H,22,24). The van der Waals surface area contributed by atoms with Crippen LogP contribution in [0.15, 0.2) is 59.2 Å². The number of nitrogens with one attached hydrogen (secondary N) is 1. The van der Waals surface area contributed by atoms with E-state index < -0.39 is 0 Å². The van der Waals surface area contributed by atoms with Crippen molar-refractivity contribution >= 4 is 22.2 Å². The Balaban J connectivity index is 1.63. The number of benzene rings is 1. The summed E-state index contributed by atoms with van der Waals surface area (Å²) in [5.74, 6) is 0.664. The van der Waals surface area contributed by atoms with Crippen LogP contribution in [0.5, 0.6) is 0 Å². The maximum atomic E-state index is 12.8. The van der Waals surface area contributed by atoms with Crippen LogP contribution in [-0.4, -0.2) is 32.2 Å².